The zero-order valence-electron chi connectivity index (χ0n) is 14.9. The fourth-order valence-electron chi connectivity index (χ4n) is 3.64. The van der Waals surface area contributed by atoms with Crippen LogP contribution >= 0.6 is 11.3 Å². The fraction of sp³-hybridized carbons (Fsp3) is 0.500. The Bertz CT molecular complexity index is 654. The van der Waals surface area contributed by atoms with E-state index < -0.39 is 0 Å². The van der Waals surface area contributed by atoms with Crippen LogP contribution in [0, 0.1) is 0 Å². The molecule has 0 saturated heterocycles. The van der Waals surface area contributed by atoms with Gasteiger partial charge in [0, 0.05) is 18.0 Å². The Morgan fingerprint density at radius 3 is 2.71 bits per heavy atom. The molecule has 0 radical (unpaired) electrons. The highest BCUT2D eigenvalue weighted by atomic mass is 32.1. The van der Waals surface area contributed by atoms with E-state index in [4.69, 9.17) is 9.47 Å². The smallest absolute Gasteiger partial charge is 0.161 e. The molecule has 0 spiro atoms. The van der Waals surface area contributed by atoms with Gasteiger partial charge in [-0.05, 0) is 73.4 Å². The summed E-state index contributed by atoms with van der Waals surface area (Å²) in [6.45, 7) is 2.22. The van der Waals surface area contributed by atoms with E-state index in [2.05, 4.69) is 41.6 Å². The lowest BCUT2D eigenvalue weighted by molar-refractivity contribution is 0.300. The summed E-state index contributed by atoms with van der Waals surface area (Å²) in [5.41, 5.74) is 2.87. The number of hydrogen-bond donors (Lipinski definition) is 0. The van der Waals surface area contributed by atoms with Gasteiger partial charge < -0.3 is 14.4 Å². The van der Waals surface area contributed by atoms with Crippen LogP contribution in [0.2, 0.25) is 0 Å². The summed E-state index contributed by atoms with van der Waals surface area (Å²) in [6.07, 6.45) is 4.79. The molecule has 1 aliphatic carbocycles. The lowest BCUT2D eigenvalue weighted by Crippen LogP contribution is -2.28. The highest BCUT2D eigenvalue weighted by Gasteiger charge is 2.24. The molecule has 130 valence electrons. The molecule has 1 heterocycles. The summed E-state index contributed by atoms with van der Waals surface area (Å²) in [7, 11) is 5.67. The number of fused-ring (bicyclic) bond motifs is 1. The second-order valence-electron chi connectivity index (χ2n) is 6.59. The summed E-state index contributed by atoms with van der Waals surface area (Å²) in [5.74, 6) is 2.29. The molecule has 2 aromatic rings. The van der Waals surface area contributed by atoms with Gasteiger partial charge in [0.05, 0.1) is 14.2 Å². The standard InChI is InChI=1S/C20H27NO2S/c1-21(10-9-17-8-5-11-24-17)14-16-7-4-6-15-12-19(22-2)20(23-3)13-18(15)16/h5,8,11-13,16H,4,6-7,9-10,14H2,1-3H3. The van der Waals surface area contributed by atoms with Gasteiger partial charge in [0.2, 0.25) is 0 Å². The van der Waals surface area contributed by atoms with Gasteiger partial charge in [-0.1, -0.05) is 6.07 Å². The second-order valence-corrected chi connectivity index (χ2v) is 7.62. The first-order valence-electron chi connectivity index (χ1n) is 8.67. The third kappa shape index (κ3) is 3.93. The molecule has 1 unspecified atom stereocenters. The van der Waals surface area contributed by atoms with E-state index in [1.807, 2.05) is 11.3 Å². The number of thiophene rings is 1. The van der Waals surface area contributed by atoms with Gasteiger partial charge in [-0.2, -0.15) is 0 Å². The van der Waals surface area contributed by atoms with Gasteiger partial charge in [0.25, 0.3) is 0 Å². The van der Waals surface area contributed by atoms with Crippen molar-refractivity contribution >= 4 is 11.3 Å². The Kier molecular flexibility index (Phi) is 5.80. The van der Waals surface area contributed by atoms with Crippen molar-refractivity contribution in [2.24, 2.45) is 0 Å². The van der Waals surface area contributed by atoms with Crippen molar-refractivity contribution in [2.45, 2.75) is 31.6 Å². The topological polar surface area (TPSA) is 21.7 Å². The number of benzene rings is 1. The van der Waals surface area contributed by atoms with Crippen molar-refractivity contribution in [1.82, 2.24) is 4.90 Å². The average molecular weight is 346 g/mol. The quantitative estimate of drug-likeness (QED) is 0.744. The van der Waals surface area contributed by atoms with E-state index in [1.54, 1.807) is 14.2 Å². The molecule has 24 heavy (non-hydrogen) atoms. The number of nitrogens with zero attached hydrogens (tertiary/aromatic N) is 1. The Morgan fingerprint density at radius 2 is 2.00 bits per heavy atom. The van der Waals surface area contributed by atoms with Crippen molar-refractivity contribution in [3.05, 3.63) is 45.6 Å². The first kappa shape index (κ1) is 17.3. The highest BCUT2D eigenvalue weighted by Crippen LogP contribution is 2.39. The van der Waals surface area contributed by atoms with Crippen molar-refractivity contribution in [2.75, 3.05) is 34.4 Å². The molecule has 1 atom stereocenters. The fourth-order valence-corrected chi connectivity index (χ4v) is 4.34. The maximum absolute atomic E-state index is 5.51. The van der Waals surface area contributed by atoms with Gasteiger partial charge in [0.1, 0.15) is 0 Å². The molecule has 0 bridgehead atoms. The van der Waals surface area contributed by atoms with Gasteiger partial charge >= 0.3 is 0 Å². The van der Waals surface area contributed by atoms with E-state index in [0.717, 1.165) is 37.4 Å². The predicted octanol–water partition coefficient (Wildman–Crippen LogP) is 4.36. The summed E-state index contributed by atoms with van der Waals surface area (Å²) in [6, 6.07) is 8.74. The van der Waals surface area contributed by atoms with Gasteiger partial charge in [0.15, 0.2) is 11.5 Å². The Morgan fingerprint density at radius 1 is 1.21 bits per heavy atom. The normalized spacial score (nSPS) is 16.9. The lowest BCUT2D eigenvalue weighted by atomic mass is 9.82. The predicted molar refractivity (Wildman–Crippen MR) is 101 cm³/mol. The minimum atomic E-state index is 0.585. The Balaban J connectivity index is 1.69. The average Bonchev–Trinajstić information content (AvgIpc) is 3.12. The summed E-state index contributed by atoms with van der Waals surface area (Å²) in [4.78, 5) is 3.94. The van der Waals surface area contributed by atoms with Crippen molar-refractivity contribution in [3.8, 4) is 11.5 Å². The number of likely N-dealkylation sites (N-methyl/N-ethyl adjacent to an activating group) is 1. The number of rotatable bonds is 7. The van der Waals surface area contributed by atoms with Crippen LogP contribution in [0.4, 0.5) is 0 Å². The Labute approximate surface area is 149 Å². The summed E-state index contributed by atoms with van der Waals surface area (Å²) < 4.78 is 11.0. The second kappa shape index (κ2) is 8.04. The SMILES string of the molecule is COc1cc2c(cc1OC)C(CN(C)CCc1cccs1)CCC2. The zero-order chi connectivity index (χ0) is 16.9. The van der Waals surface area contributed by atoms with Crippen LogP contribution in [-0.2, 0) is 12.8 Å². The van der Waals surface area contributed by atoms with Crippen LogP contribution in [0.3, 0.4) is 0 Å². The van der Waals surface area contributed by atoms with Crippen LogP contribution in [0.1, 0.15) is 34.8 Å². The maximum Gasteiger partial charge on any atom is 0.161 e. The van der Waals surface area contributed by atoms with Crippen molar-refractivity contribution in [1.29, 1.82) is 0 Å². The Hall–Kier alpha value is -1.52. The molecule has 1 aliphatic rings. The van der Waals surface area contributed by atoms with Crippen LogP contribution < -0.4 is 9.47 Å². The molecule has 0 fully saturated rings. The van der Waals surface area contributed by atoms with Gasteiger partial charge in [-0.3, -0.25) is 0 Å². The molecule has 0 aliphatic heterocycles. The third-order valence-corrected chi connectivity index (χ3v) is 5.87. The first-order valence-corrected chi connectivity index (χ1v) is 9.55. The van der Waals surface area contributed by atoms with E-state index in [0.29, 0.717) is 5.92 Å². The molecule has 0 saturated carbocycles. The zero-order valence-corrected chi connectivity index (χ0v) is 15.7. The molecule has 1 aromatic carbocycles. The van der Waals surface area contributed by atoms with Crippen LogP contribution in [0.5, 0.6) is 11.5 Å². The molecule has 3 nitrogen and oxygen atoms in total. The number of hydrogen-bond acceptors (Lipinski definition) is 4. The minimum Gasteiger partial charge on any atom is -0.493 e. The third-order valence-electron chi connectivity index (χ3n) is 4.94. The molecular weight excluding hydrogens is 318 g/mol. The monoisotopic (exact) mass is 345 g/mol. The van der Waals surface area contributed by atoms with Gasteiger partial charge in [-0.15, -0.1) is 11.3 Å². The molecule has 4 heteroatoms. The van der Waals surface area contributed by atoms with Crippen LogP contribution in [0.25, 0.3) is 0 Å². The van der Waals surface area contributed by atoms with E-state index >= 15 is 0 Å². The molecule has 0 amide bonds. The van der Waals surface area contributed by atoms with Crippen LogP contribution in [-0.4, -0.2) is 39.3 Å². The first-order chi connectivity index (χ1) is 11.7. The lowest BCUT2D eigenvalue weighted by Gasteiger charge is -2.30. The van der Waals surface area contributed by atoms with Crippen molar-refractivity contribution < 1.29 is 9.47 Å². The summed E-state index contributed by atoms with van der Waals surface area (Å²) in [5, 5.41) is 2.16. The van der Waals surface area contributed by atoms with E-state index in [-0.39, 0.29) is 0 Å². The maximum atomic E-state index is 5.51. The summed E-state index contributed by atoms with van der Waals surface area (Å²) >= 11 is 1.85. The number of ether oxygens (including phenoxy) is 2. The van der Waals surface area contributed by atoms with E-state index in [9.17, 15) is 0 Å². The van der Waals surface area contributed by atoms with Crippen LogP contribution in [0.15, 0.2) is 29.6 Å². The molecule has 1 aromatic heterocycles. The molecular formula is C20H27NO2S. The number of methoxy groups -OCH3 is 2. The largest absolute Gasteiger partial charge is 0.493 e. The molecule has 0 N–H and O–H groups in total. The number of aryl methyl sites for hydroxylation is 1. The highest BCUT2D eigenvalue weighted by molar-refractivity contribution is 7.09. The minimum absolute atomic E-state index is 0.585. The van der Waals surface area contributed by atoms with E-state index in [1.165, 1.54) is 28.8 Å². The van der Waals surface area contributed by atoms with Crippen molar-refractivity contribution in [3.63, 3.8) is 0 Å². The molecule has 3 rings (SSSR count). The van der Waals surface area contributed by atoms with Gasteiger partial charge in [-0.25, -0.2) is 0 Å².